The van der Waals surface area contributed by atoms with Gasteiger partial charge in [-0.15, -0.1) is 0 Å². The SMILES string of the molecule is CC(=C(C)c1ccc2c3c1ccc1cccc(c13)n2-c1ccccc1)c1ccc2c(c1)oc1cc(N(c3ccc4ccccc4c3)c3ccccc3F)ccc12. The molecule has 266 valence electrons. The van der Waals surface area contributed by atoms with Crippen molar-refractivity contribution in [2.45, 2.75) is 13.8 Å². The van der Waals surface area contributed by atoms with Crippen LogP contribution in [-0.2, 0) is 0 Å². The number of anilines is 3. The number of halogens is 1. The number of fused-ring (bicyclic) bond motifs is 4. The minimum absolute atomic E-state index is 0.293. The standard InChI is InChI=1S/C52H35FN2O/c1-32(33(2)41-27-28-48-52-44(41)25-20-35-13-10-18-47(51(35)52)55(48)38-14-4-3-5-15-38)36-21-24-42-43-26-23-40(31-50(43)56-49(42)30-36)54(46-17-9-8-16-45(46)53)39-22-19-34-11-6-7-12-37(34)29-39/h3-31H,1-2H3. The van der Waals surface area contributed by atoms with E-state index in [4.69, 9.17) is 4.42 Å². The van der Waals surface area contributed by atoms with E-state index in [1.54, 1.807) is 6.07 Å². The van der Waals surface area contributed by atoms with Gasteiger partial charge in [-0.3, -0.25) is 0 Å². The van der Waals surface area contributed by atoms with E-state index in [0.29, 0.717) is 5.69 Å². The van der Waals surface area contributed by atoms with E-state index in [9.17, 15) is 0 Å². The van der Waals surface area contributed by atoms with Crippen molar-refractivity contribution < 1.29 is 8.81 Å². The van der Waals surface area contributed by atoms with Gasteiger partial charge in [0, 0.05) is 44.7 Å². The highest BCUT2D eigenvalue weighted by Gasteiger charge is 2.21. The second-order valence-corrected chi connectivity index (χ2v) is 14.7. The molecule has 56 heavy (non-hydrogen) atoms. The summed E-state index contributed by atoms with van der Waals surface area (Å²) in [6, 6.07) is 60.4. The molecular formula is C52H35FN2O. The Morgan fingerprint density at radius 3 is 2.02 bits per heavy atom. The van der Waals surface area contributed by atoms with Gasteiger partial charge in [-0.1, -0.05) is 97.1 Å². The van der Waals surface area contributed by atoms with E-state index in [0.717, 1.165) is 55.3 Å². The Kier molecular flexibility index (Phi) is 7.17. The second kappa shape index (κ2) is 12.4. The van der Waals surface area contributed by atoms with Gasteiger partial charge in [0.15, 0.2) is 0 Å². The highest BCUT2D eigenvalue weighted by atomic mass is 19.1. The number of rotatable bonds is 6. The monoisotopic (exact) mass is 722 g/mol. The van der Waals surface area contributed by atoms with Gasteiger partial charge in [-0.25, -0.2) is 4.39 Å². The molecule has 2 heterocycles. The molecule has 0 spiro atoms. The number of nitrogens with zero attached hydrogens (tertiary/aromatic N) is 2. The molecule has 4 heteroatoms. The molecule has 0 saturated carbocycles. The van der Waals surface area contributed by atoms with Gasteiger partial charge in [0.05, 0.1) is 16.7 Å². The van der Waals surface area contributed by atoms with Gasteiger partial charge in [-0.2, -0.15) is 0 Å². The number of allylic oxidation sites excluding steroid dienone is 2. The van der Waals surface area contributed by atoms with Crippen LogP contribution in [0.4, 0.5) is 21.5 Å². The molecular weight excluding hydrogens is 688 g/mol. The molecule has 9 aromatic carbocycles. The van der Waals surface area contributed by atoms with E-state index in [2.05, 4.69) is 146 Å². The second-order valence-electron chi connectivity index (χ2n) is 14.7. The average molecular weight is 723 g/mol. The van der Waals surface area contributed by atoms with Crippen LogP contribution in [0.2, 0.25) is 0 Å². The Bertz CT molecular complexity index is 3350. The third-order valence-electron chi connectivity index (χ3n) is 11.7. The zero-order valence-corrected chi connectivity index (χ0v) is 30.9. The molecule has 0 saturated heterocycles. The van der Waals surface area contributed by atoms with Gasteiger partial charge in [0.1, 0.15) is 17.0 Å². The lowest BCUT2D eigenvalue weighted by molar-refractivity contribution is 0.628. The summed E-state index contributed by atoms with van der Waals surface area (Å²) in [6.45, 7) is 4.43. The van der Waals surface area contributed by atoms with E-state index >= 15 is 4.39 Å². The Labute approximate surface area is 323 Å². The van der Waals surface area contributed by atoms with Gasteiger partial charge >= 0.3 is 0 Å². The average Bonchev–Trinajstić information content (AvgIpc) is 3.79. The molecule has 0 radical (unpaired) electrons. The van der Waals surface area contributed by atoms with Crippen LogP contribution in [0.5, 0.6) is 0 Å². The maximum absolute atomic E-state index is 15.5. The van der Waals surface area contributed by atoms with Crippen LogP contribution in [0.3, 0.4) is 0 Å². The van der Waals surface area contributed by atoms with Crippen LogP contribution in [0.15, 0.2) is 180 Å². The lowest BCUT2D eigenvalue weighted by atomic mass is 9.91. The van der Waals surface area contributed by atoms with Crippen LogP contribution in [0.1, 0.15) is 25.0 Å². The summed E-state index contributed by atoms with van der Waals surface area (Å²) in [6.07, 6.45) is 0. The summed E-state index contributed by atoms with van der Waals surface area (Å²) in [5, 5.41) is 9.38. The highest BCUT2D eigenvalue weighted by molar-refractivity contribution is 6.26. The predicted octanol–water partition coefficient (Wildman–Crippen LogP) is 15.0. The van der Waals surface area contributed by atoms with Gasteiger partial charge in [-0.05, 0) is 130 Å². The van der Waals surface area contributed by atoms with Gasteiger partial charge in [0.2, 0.25) is 0 Å². The molecule has 0 N–H and O–H groups in total. The molecule has 0 amide bonds. The smallest absolute Gasteiger partial charge is 0.147 e. The van der Waals surface area contributed by atoms with Crippen molar-refractivity contribution in [2.24, 2.45) is 0 Å². The third-order valence-corrected chi connectivity index (χ3v) is 11.7. The summed E-state index contributed by atoms with van der Waals surface area (Å²) in [7, 11) is 0. The van der Waals surface area contributed by atoms with Crippen LogP contribution < -0.4 is 4.90 Å². The molecule has 0 atom stereocenters. The third kappa shape index (κ3) is 4.89. The predicted molar refractivity (Wildman–Crippen MR) is 234 cm³/mol. The zero-order chi connectivity index (χ0) is 37.5. The summed E-state index contributed by atoms with van der Waals surface area (Å²) in [4.78, 5) is 1.97. The number of hydrogen-bond donors (Lipinski definition) is 0. The van der Waals surface area contributed by atoms with Gasteiger partial charge < -0.3 is 13.9 Å². The minimum Gasteiger partial charge on any atom is -0.456 e. The van der Waals surface area contributed by atoms with Crippen molar-refractivity contribution in [3.05, 3.63) is 193 Å². The number of aromatic nitrogens is 1. The summed E-state index contributed by atoms with van der Waals surface area (Å²) < 4.78 is 24.5. The normalized spacial score (nSPS) is 12.5. The number of hydrogen-bond acceptors (Lipinski definition) is 2. The number of para-hydroxylation sites is 2. The maximum atomic E-state index is 15.5. The Morgan fingerprint density at radius 2 is 1.16 bits per heavy atom. The molecule has 2 aromatic heterocycles. The fourth-order valence-corrected chi connectivity index (χ4v) is 8.80. The lowest BCUT2D eigenvalue weighted by Crippen LogP contribution is -2.11. The fraction of sp³-hybridized carbons (Fsp3) is 0.0385. The summed E-state index contributed by atoms with van der Waals surface area (Å²) >= 11 is 0. The van der Waals surface area contributed by atoms with E-state index < -0.39 is 0 Å². The first-order valence-electron chi connectivity index (χ1n) is 19.0. The molecule has 0 bridgehead atoms. The van der Waals surface area contributed by atoms with Crippen molar-refractivity contribution in [3.63, 3.8) is 0 Å². The molecule has 0 aliphatic heterocycles. The van der Waals surface area contributed by atoms with E-state index in [-0.39, 0.29) is 5.82 Å². The summed E-state index contributed by atoms with van der Waals surface area (Å²) in [5.74, 6) is -0.293. The maximum Gasteiger partial charge on any atom is 0.147 e. The molecule has 0 aliphatic rings. The molecule has 0 unspecified atom stereocenters. The molecule has 3 nitrogen and oxygen atoms in total. The molecule has 0 aliphatic carbocycles. The van der Waals surface area contributed by atoms with E-state index in [1.165, 1.54) is 55.4 Å². The Morgan fingerprint density at radius 1 is 0.500 bits per heavy atom. The minimum atomic E-state index is -0.293. The first-order valence-corrected chi connectivity index (χ1v) is 19.0. The fourth-order valence-electron chi connectivity index (χ4n) is 8.80. The Hall–Kier alpha value is -7.17. The van der Waals surface area contributed by atoms with E-state index in [1.807, 2.05) is 41.3 Å². The van der Waals surface area contributed by atoms with Gasteiger partial charge in [0.25, 0.3) is 0 Å². The molecule has 0 fully saturated rings. The van der Waals surface area contributed by atoms with Crippen molar-refractivity contribution in [2.75, 3.05) is 4.90 Å². The lowest BCUT2D eigenvalue weighted by Gasteiger charge is -2.26. The quantitative estimate of drug-likeness (QED) is 0.126. The Balaban J connectivity index is 1.02. The largest absolute Gasteiger partial charge is 0.456 e. The highest BCUT2D eigenvalue weighted by Crippen LogP contribution is 2.44. The van der Waals surface area contributed by atoms with Crippen LogP contribution in [0.25, 0.3) is 82.1 Å². The first-order chi connectivity index (χ1) is 27.5. The first kappa shape index (κ1) is 32.3. The van der Waals surface area contributed by atoms with Crippen LogP contribution >= 0.6 is 0 Å². The topological polar surface area (TPSA) is 21.3 Å². The van der Waals surface area contributed by atoms with Crippen molar-refractivity contribution >= 4 is 93.5 Å². The van der Waals surface area contributed by atoms with Crippen molar-refractivity contribution in [1.82, 2.24) is 4.57 Å². The van der Waals surface area contributed by atoms with Crippen LogP contribution in [-0.4, -0.2) is 4.57 Å². The number of furan rings is 1. The van der Waals surface area contributed by atoms with Crippen LogP contribution in [0, 0.1) is 5.82 Å². The molecule has 11 rings (SSSR count). The zero-order valence-electron chi connectivity index (χ0n) is 30.9. The molecule has 11 aromatic rings. The van der Waals surface area contributed by atoms with Crippen molar-refractivity contribution in [3.8, 4) is 5.69 Å². The summed E-state index contributed by atoms with van der Waals surface area (Å²) in [5.41, 5.74) is 12.1. The number of benzene rings is 9. The van der Waals surface area contributed by atoms with Crippen molar-refractivity contribution in [1.29, 1.82) is 0 Å².